The zero-order valence-corrected chi connectivity index (χ0v) is 14.2. The topological polar surface area (TPSA) is 73.2 Å². The normalized spacial score (nSPS) is 20.4. The van der Waals surface area contributed by atoms with Gasteiger partial charge in [0, 0.05) is 13.1 Å². The van der Waals surface area contributed by atoms with E-state index < -0.39 is 11.8 Å². The maximum atomic E-state index is 12.5. The molecule has 0 heterocycles. The first-order valence-electron chi connectivity index (χ1n) is 7.38. The predicted octanol–water partition coefficient (Wildman–Crippen LogP) is 3.22. The van der Waals surface area contributed by atoms with E-state index in [9.17, 15) is 9.59 Å². The van der Waals surface area contributed by atoms with Gasteiger partial charge < -0.3 is 5.32 Å². The molecule has 1 aliphatic rings. The van der Waals surface area contributed by atoms with E-state index in [4.69, 9.17) is 28.5 Å². The molecule has 1 aliphatic carbocycles. The summed E-state index contributed by atoms with van der Waals surface area (Å²) in [5.74, 6) is -1.08. The lowest BCUT2D eigenvalue weighted by molar-refractivity contribution is -0.133. The molecule has 7 heteroatoms. The van der Waals surface area contributed by atoms with E-state index >= 15 is 0 Å². The van der Waals surface area contributed by atoms with Crippen LogP contribution in [0.2, 0.25) is 10.0 Å². The van der Waals surface area contributed by atoms with Crippen molar-refractivity contribution in [1.82, 2.24) is 10.2 Å². The van der Waals surface area contributed by atoms with Crippen LogP contribution in [0.4, 0.5) is 0 Å². The largest absolute Gasteiger partial charge is 0.348 e. The number of hydrogen-bond donors (Lipinski definition) is 1. The number of halogens is 2. The zero-order chi connectivity index (χ0) is 17.0. The number of amides is 2. The Hall–Kier alpha value is -1.77. The molecule has 1 aromatic rings. The summed E-state index contributed by atoms with van der Waals surface area (Å²) in [6.45, 7) is 0. The summed E-state index contributed by atoms with van der Waals surface area (Å²) in [6, 6.07) is 4.52. The molecular weight excluding hydrogens is 337 g/mol. The maximum absolute atomic E-state index is 12.5. The SMILES string of the molecule is CN(C#N)C(=O)C1CCCCC1NC(=O)c1c(Cl)cccc1Cl. The number of nitrogens with zero attached hydrogens (tertiary/aromatic N) is 2. The standard InChI is InChI=1S/C16H17Cl2N3O2/c1-21(9-19)16(23)10-5-2-3-8-13(10)20-15(22)14-11(17)6-4-7-12(14)18/h4,6-7,10,13H,2-3,5,8H2,1H3,(H,20,22). The van der Waals surface area contributed by atoms with Gasteiger partial charge in [0.15, 0.2) is 6.19 Å². The van der Waals surface area contributed by atoms with Crippen LogP contribution in [0.1, 0.15) is 36.0 Å². The van der Waals surface area contributed by atoms with Crippen molar-refractivity contribution in [3.8, 4) is 6.19 Å². The van der Waals surface area contributed by atoms with Gasteiger partial charge in [0.1, 0.15) is 0 Å². The molecule has 0 spiro atoms. The van der Waals surface area contributed by atoms with E-state index in [2.05, 4.69) is 5.32 Å². The third-order valence-electron chi connectivity index (χ3n) is 4.07. The number of benzene rings is 1. The van der Waals surface area contributed by atoms with Crippen LogP contribution >= 0.6 is 23.2 Å². The van der Waals surface area contributed by atoms with Crippen molar-refractivity contribution in [3.63, 3.8) is 0 Å². The van der Waals surface area contributed by atoms with Crippen LogP contribution < -0.4 is 5.32 Å². The number of carbonyl (C=O) groups is 2. The first kappa shape index (κ1) is 17.6. The highest BCUT2D eigenvalue weighted by Gasteiger charge is 2.34. The number of nitrogens with one attached hydrogen (secondary N) is 1. The average molecular weight is 354 g/mol. The van der Waals surface area contributed by atoms with Gasteiger partial charge in [0.25, 0.3) is 5.91 Å². The van der Waals surface area contributed by atoms with Crippen LogP contribution in [0.25, 0.3) is 0 Å². The van der Waals surface area contributed by atoms with Gasteiger partial charge in [0.05, 0.1) is 21.5 Å². The first-order valence-corrected chi connectivity index (χ1v) is 8.13. The second kappa shape index (κ2) is 7.67. The minimum Gasteiger partial charge on any atom is -0.348 e. The second-order valence-electron chi connectivity index (χ2n) is 5.56. The molecular formula is C16H17Cl2N3O2. The summed E-state index contributed by atoms with van der Waals surface area (Å²) >= 11 is 12.1. The van der Waals surface area contributed by atoms with Crippen molar-refractivity contribution >= 4 is 35.0 Å². The van der Waals surface area contributed by atoms with Crippen LogP contribution in [0, 0.1) is 17.4 Å². The van der Waals surface area contributed by atoms with Crippen LogP contribution in [0.5, 0.6) is 0 Å². The Labute approximate surface area is 145 Å². The van der Waals surface area contributed by atoms with Gasteiger partial charge in [-0.15, -0.1) is 0 Å². The van der Waals surface area contributed by atoms with Crippen LogP contribution in [-0.2, 0) is 4.79 Å². The minimum atomic E-state index is -0.404. The average Bonchev–Trinajstić information content (AvgIpc) is 2.53. The molecule has 0 aromatic heterocycles. The molecule has 2 amide bonds. The molecule has 1 saturated carbocycles. The Morgan fingerprint density at radius 1 is 1.26 bits per heavy atom. The molecule has 2 rings (SSSR count). The Balaban J connectivity index is 2.18. The molecule has 2 unspecified atom stereocenters. The van der Waals surface area contributed by atoms with Gasteiger partial charge in [-0.1, -0.05) is 42.1 Å². The summed E-state index contributed by atoms with van der Waals surface area (Å²) in [5, 5.41) is 12.3. The van der Waals surface area contributed by atoms with Crippen LogP contribution in [-0.4, -0.2) is 29.8 Å². The second-order valence-corrected chi connectivity index (χ2v) is 6.38. The van der Waals surface area contributed by atoms with Crippen LogP contribution in [0.15, 0.2) is 18.2 Å². The summed E-state index contributed by atoms with van der Waals surface area (Å²) in [7, 11) is 1.43. The summed E-state index contributed by atoms with van der Waals surface area (Å²) in [4.78, 5) is 25.8. The van der Waals surface area contributed by atoms with E-state index in [0.29, 0.717) is 12.8 Å². The molecule has 0 aliphatic heterocycles. The fourth-order valence-corrected chi connectivity index (χ4v) is 3.42. The molecule has 0 radical (unpaired) electrons. The van der Waals surface area contributed by atoms with Gasteiger partial charge in [-0.2, -0.15) is 5.26 Å². The maximum Gasteiger partial charge on any atom is 0.254 e. The highest BCUT2D eigenvalue weighted by atomic mass is 35.5. The van der Waals surface area contributed by atoms with Crippen molar-refractivity contribution in [3.05, 3.63) is 33.8 Å². The fourth-order valence-electron chi connectivity index (χ4n) is 2.85. The van der Waals surface area contributed by atoms with Gasteiger partial charge >= 0.3 is 0 Å². The van der Waals surface area contributed by atoms with Gasteiger partial charge in [0.2, 0.25) is 5.91 Å². The van der Waals surface area contributed by atoms with Crippen molar-refractivity contribution in [2.24, 2.45) is 5.92 Å². The number of carbonyl (C=O) groups excluding carboxylic acids is 2. The van der Waals surface area contributed by atoms with E-state index in [-0.39, 0.29) is 27.6 Å². The van der Waals surface area contributed by atoms with Crippen molar-refractivity contribution in [1.29, 1.82) is 5.26 Å². The van der Waals surface area contributed by atoms with Crippen molar-refractivity contribution in [2.75, 3.05) is 7.05 Å². The number of nitriles is 1. The molecule has 1 fully saturated rings. The third kappa shape index (κ3) is 3.95. The first-order chi connectivity index (χ1) is 11.0. The zero-order valence-electron chi connectivity index (χ0n) is 12.7. The predicted molar refractivity (Wildman–Crippen MR) is 88.1 cm³/mol. The Kier molecular flexibility index (Phi) is 5.86. The Morgan fingerprint density at radius 3 is 2.48 bits per heavy atom. The smallest absolute Gasteiger partial charge is 0.254 e. The van der Waals surface area contributed by atoms with Gasteiger partial charge in [-0.25, -0.2) is 0 Å². The lowest BCUT2D eigenvalue weighted by Gasteiger charge is -2.32. The van der Waals surface area contributed by atoms with Crippen molar-refractivity contribution in [2.45, 2.75) is 31.7 Å². The Bertz CT molecular complexity index is 637. The molecule has 1 aromatic carbocycles. The van der Waals surface area contributed by atoms with E-state index in [0.717, 1.165) is 17.7 Å². The molecule has 1 N–H and O–H groups in total. The third-order valence-corrected chi connectivity index (χ3v) is 4.70. The van der Waals surface area contributed by atoms with E-state index in [1.807, 2.05) is 6.19 Å². The monoisotopic (exact) mass is 353 g/mol. The summed E-state index contributed by atoms with van der Waals surface area (Å²) in [6.07, 6.45) is 4.96. The fraction of sp³-hybridized carbons (Fsp3) is 0.438. The molecule has 122 valence electrons. The molecule has 0 saturated heterocycles. The van der Waals surface area contributed by atoms with Crippen molar-refractivity contribution < 1.29 is 9.59 Å². The highest BCUT2D eigenvalue weighted by molar-refractivity contribution is 6.39. The molecule has 2 atom stereocenters. The lowest BCUT2D eigenvalue weighted by atomic mass is 9.83. The molecule has 23 heavy (non-hydrogen) atoms. The number of rotatable bonds is 3. The highest BCUT2D eigenvalue weighted by Crippen LogP contribution is 2.28. The number of hydrogen-bond acceptors (Lipinski definition) is 3. The van der Waals surface area contributed by atoms with Gasteiger partial charge in [-0.05, 0) is 25.0 Å². The quantitative estimate of drug-likeness (QED) is 0.669. The van der Waals surface area contributed by atoms with Crippen LogP contribution in [0.3, 0.4) is 0 Å². The molecule has 0 bridgehead atoms. The Morgan fingerprint density at radius 2 is 1.87 bits per heavy atom. The summed E-state index contributed by atoms with van der Waals surface area (Å²) < 4.78 is 0. The summed E-state index contributed by atoms with van der Waals surface area (Å²) in [5.41, 5.74) is 0.209. The van der Waals surface area contributed by atoms with E-state index in [1.165, 1.54) is 7.05 Å². The van der Waals surface area contributed by atoms with E-state index in [1.54, 1.807) is 18.2 Å². The lowest BCUT2D eigenvalue weighted by Crippen LogP contribution is -2.48. The van der Waals surface area contributed by atoms with Gasteiger partial charge in [-0.3, -0.25) is 14.5 Å². The molecule has 5 nitrogen and oxygen atoms in total. The minimum absolute atomic E-state index is 0.209.